The zero-order valence-corrected chi connectivity index (χ0v) is 14.0. The van der Waals surface area contributed by atoms with Gasteiger partial charge in [-0.05, 0) is 43.2 Å². The number of nitrogens with one attached hydrogen (secondary N) is 1. The van der Waals surface area contributed by atoms with Crippen LogP contribution in [-0.4, -0.2) is 10.9 Å². The van der Waals surface area contributed by atoms with Crippen LogP contribution in [0.1, 0.15) is 42.0 Å². The monoisotopic (exact) mass is 314 g/mol. The van der Waals surface area contributed by atoms with Gasteiger partial charge in [0.05, 0.1) is 11.2 Å². The number of amides is 1. The number of thiazole rings is 1. The smallest absolute Gasteiger partial charge is 0.227 e. The molecule has 1 N–H and O–H groups in total. The first-order valence-electron chi connectivity index (χ1n) is 8.05. The number of aryl methyl sites for hydroxylation is 3. The second-order valence-electron chi connectivity index (χ2n) is 5.81. The van der Waals surface area contributed by atoms with E-state index in [2.05, 4.69) is 42.3 Å². The van der Waals surface area contributed by atoms with E-state index in [1.807, 2.05) is 5.51 Å². The number of para-hydroxylation sites is 1. The van der Waals surface area contributed by atoms with Crippen molar-refractivity contribution < 1.29 is 4.79 Å². The van der Waals surface area contributed by atoms with Crippen molar-refractivity contribution in [1.29, 1.82) is 0 Å². The standard InChI is InChI=1S/C18H22N2OS/c1-3-12-6-5-7-13(4-2)17(12)20-18(21)14-8-9-15-16(10-14)22-11-19-15/h5-7,11,14H,3-4,8-10H2,1-2H3,(H,20,21). The van der Waals surface area contributed by atoms with E-state index in [4.69, 9.17) is 0 Å². The van der Waals surface area contributed by atoms with Gasteiger partial charge in [-0.1, -0.05) is 32.0 Å². The van der Waals surface area contributed by atoms with Crippen molar-refractivity contribution in [2.24, 2.45) is 5.92 Å². The van der Waals surface area contributed by atoms with Gasteiger partial charge in [0.25, 0.3) is 0 Å². The number of anilines is 1. The highest BCUT2D eigenvalue weighted by Gasteiger charge is 2.27. The third-order valence-corrected chi connectivity index (χ3v) is 5.40. The molecule has 3 rings (SSSR count). The van der Waals surface area contributed by atoms with E-state index in [1.165, 1.54) is 21.7 Å². The van der Waals surface area contributed by atoms with Crippen LogP contribution in [0.5, 0.6) is 0 Å². The largest absolute Gasteiger partial charge is 0.325 e. The van der Waals surface area contributed by atoms with Crippen LogP contribution in [0.4, 0.5) is 5.69 Å². The summed E-state index contributed by atoms with van der Waals surface area (Å²) >= 11 is 1.68. The summed E-state index contributed by atoms with van der Waals surface area (Å²) < 4.78 is 0. The van der Waals surface area contributed by atoms with Crippen molar-refractivity contribution in [1.82, 2.24) is 4.98 Å². The lowest BCUT2D eigenvalue weighted by molar-refractivity contribution is -0.120. The molecule has 0 fully saturated rings. The number of hydrogen-bond acceptors (Lipinski definition) is 3. The molecule has 0 saturated heterocycles. The number of rotatable bonds is 4. The Morgan fingerprint density at radius 2 is 2.05 bits per heavy atom. The molecule has 116 valence electrons. The highest BCUT2D eigenvalue weighted by atomic mass is 32.1. The lowest BCUT2D eigenvalue weighted by Crippen LogP contribution is -2.28. The Hall–Kier alpha value is -1.68. The fourth-order valence-electron chi connectivity index (χ4n) is 3.15. The highest BCUT2D eigenvalue weighted by molar-refractivity contribution is 7.09. The minimum Gasteiger partial charge on any atom is -0.325 e. The maximum atomic E-state index is 12.7. The fourth-order valence-corrected chi connectivity index (χ4v) is 4.05. The van der Waals surface area contributed by atoms with Gasteiger partial charge >= 0.3 is 0 Å². The molecular weight excluding hydrogens is 292 g/mol. The van der Waals surface area contributed by atoms with Gasteiger partial charge in [-0.25, -0.2) is 4.98 Å². The molecule has 1 heterocycles. The van der Waals surface area contributed by atoms with Crippen LogP contribution in [-0.2, 0) is 30.5 Å². The maximum Gasteiger partial charge on any atom is 0.227 e. The van der Waals surface area contributed by atoms with Gasteiger partial charge in [0.2, 0.25) is 5.91 Å². The average Bonchev–Trinajstić information content (AvgIpc) is 3.02. The van der Waals surface area contributed by atoms with Crippen LogP contribution >= 0.6 is 11.3 Å². The highest BCUT2D eigenvalue weighted by Crippen LogP contribution is 2.30. The lowest BCUT2D eigenvalue weighted by atomic mass is 9.90. The number of nitrogens with zero attached hydrogens (tertiary/aromatic N) is 1. The van der Waals surface area contributed by atoms with E-state index < -0.39 is 0 Å². The van der Waals surface area contributed by atoms with E-state index in [9.17, 15) is 4.79 Å². The van der Waals surface area contributed by atoms with Crippen LogP contribution < -0.4 is 5.32 Å². The van der Waals surface area contributed by atoms with Crippen LogP contribution in [0.3, 0.4) is 0 Å². The van der Waals surface area contributed by atoms with Gasteiger partial charge in [0.1, 0.15) is 0 Å². The summed E-state index contributed by atoms with van der Waals surface area (Å²) in [6.45, 7) is 4.27. The van der Waals surface area contributed by atoms with Gasteiger partial charge in [0.15, 0.2) is 0 Å². The van der Waals surface area contributed by atoms with E-state index >= 15 is 0 Å². The van der Waals surface area contributed by atoms with Crippen molar-refractivity contribution in [3.63, 3.8) is 0 Å². The molecule has 1 aromatic heterocycles. The molecule has 2 aromatic rings. The first-order valence-corrected chi connectivity index (χ1v) is 8.93. The Morgan fingerprint density at radius 3 is 2.73 bits per heavy atom. The second kappa shape index (κ2) is 6.61. The number of fused-ring (bicyclic) bond motifs is 1. The van der Waals surface area contributed by atoms with Gasteiger partial charge in [-0.3, -0.25) is 4.79 Å². The zero-order chi connectivity index (χ0) is 15.5. The minimum absolute atomic E-state index is 0.0718. The summed E-state index contributed by atoms with van der Waals surface area (Å²) in [6.07, 6.45) is 4.53. The topological polar surface area (TPSA) is 42.0 Å². The third kappa shape index (κ3) is 2.93. The predicted molar refractivity (Wildman–Crippen MR) is 91.5 cm³/mol. The zero-order valence-electron chi connectivity index (χ0n) is 13.2. The van der Waals surface area contributed by atoms with E-state index in [0.29, 0.717) is 0 Å². The molecule has 1 unspecified atom stereocenters. The molecule has 0 saturated carbocycles. The molecule has 1 atom stereocenters. The second-order valence-corrected chi connectivity index (χ2v) is 6.75. The van der Waals surface area contributed by atoms with Crippen LogP contribution in [0.15, 0.2) is 23.7 Å². The molecule has 0 spiro atoms. The third-order valence-electron chi connectivity index (χ3n) is 4.50. The fraction of sp³-hybridized carbons (Fsp3) is 0.444. The quantitative estimate of drug-likeness (QED) is 0.926. The molecule has 3 nitrogen and oxygen atoms in total. The molecule has 1 aromatic carbocycles. The number of hydrogen-bond donors (Lipinski definition) is 1. The molecule has 1 aliphatic carbocycles. The van der Waals surface area contributed by atoms with Gasteiger partial charge in [-0.15, -0.1) is 11.3 Å². The molecular formula is C18H22N2OS. The molecule has 0 bridgehead atoms. The summed E-state index contributed by atoms with van der Waals surface area (Å²) in [7, 11) is 0. The van der Waals surface area contributed by atoms with Crippen LogP contribution in [0.25, 0.3) is 0 Å². The molecule has 4 heteroatoms. The maximum absolute atomic E-state index is 12.7. The summed E-state index contributed by atoms with van der Waals surface area (Å²) in [5.74, 6) is 0.234. The molecule has 22 heavy (non-hydrogen) atoms. The number of carbonyl (C=O) groups is 1. The summed E-state index contributed by atoms with van der Waals surface area (Å²) in [5, 5.41) is 3.22. The first-order chi connectivity index (χ1) is 10.7. The van der Waals surface area contributed by atoms with Crippen LogP contribution in [0.2, 0.25) is 0 Å². The Kier molecular flexibility index (Phi) is 4.57. The Bertz CT molecular complexity index is 655. The Labute approximate surface area is 135 Å². The van der Waals surface area contributed by atoms with Crippen molar-refractivity contribution >= 4 is 22.9 Å². The number of aromatic nitrogens is 1. The van der Waals surface area contributed by atoms with E-state index in [-0.39, 0.29) is 11.8 Å². The van der Waals surface area contributed by atoms with Crippen molar-refractivity contribution in [2.75, 3.05) is 5.32 Å². The molecule has 1 amide bonds. The predicted octanol–water partition coefficient (Wildman–Crippen LogP) is 4.01. The first kappa shape index (κ1) is 15.2. The van der Waals surface area contributed by atoms with E-state index in [1.54, 1.807) is 11.3 Å². The SMILES string of the molecule is CCc1cccc(CC)c1NC(=O)C1CCc2ncsc2C1. The van der Waals surface area contributed by atoms with Gasteiger partial charge < -0.3 is 5.32 Å². The number of benzene rings is 1. The Balaban J connectivity index is 1.78. The molecule has 0 aliphatic heterocycles. The van der Waals surface area contributed by atoms with Crippen molar-refractivity contribution in [3.8, 4) is 0 Å². The summed E-state index contributed by atoms with van der Waals surface area (Å²) in [4.78, 5) is 18.4. The number of carbonyl (C=O) groups excluding carboxylic acids is 1. The van der Waals surface area contributed by atoms with Crippen molar-refractivity contribution in [3.05, 3.63) is 45.4 Å². The summed E-state index contributed by atoms with van der Waals surface area (Å²) in [5.41, 5.74) is 6.57. The van der Waals surface area contributed by atoms with Gasteiger partial charge in [-0.2, -0.15) is 0 Å². The molecule has 0 radical (unpaired) electrons. The van der Waals surface area contributed by atoms with Crippen molar-refractivity contribution in [2.45, 2.75) is 46.0 Å². The molecule has 1 aliphatic rings. The van der Waals surface area contributed by atoms with Gasteiger partial charge in [0, 0.05) is 16.5 Å². The normalized spacial score (nSPS) is 17.1. The lowest BCUT2D eigenvalue weighted by Gasteiger charge is -2.22. The Morgan fingerprint density at radius 1 is 1.32 bits per heavy atom. The average molecular weight is 314 g/mol. The van der Waals surface area contributed by atoms with E-state index in [0.717, 1.165) is 37.8 Å². The van der Waals surface area contributed by atoms with Crippen LogP contribution in [0, 0.1) is 5.92 Å². The summed E-state index contributed by atoms with van der Waals surface area (Å²) in [6, 6.07) is 6.30. The minimum atomic E-state index is 0.0718.